The van der Waals surface area contributed by atoms with Gasteiger partial charge in [-0.1, -0.05) is 24.6 Å². The highest BCUT2D eigenvalue weighted by atomic mass is 35.5. The number of carboxylic acids is 1. The van der Waals surface area contributed by atoms with E-state index in [1.807, 2.05) is 6.92 Å². The number of nitrogens with zero attached hydrogens (tertiary/aromatic N) is 1. The Hall–Kier alpha value is -2.53. The number of carbonyl (C=O) groups is 2. The molecule has 1 amide bonds. The molecular weight excluding hydrogens is 342 g/mol. The van der Waals surface area contributed by atoms with Crippen molar-refractivity contribution in [1.82, 2.24) is 4.90 Å². The molecule has 130 valence electrons. The molecule has 6 heteroatoms. The van der Waals surface area contributed by atoms with Crippen LogP contribution in [-0.2, 0) is 4.79 Å². The van der Waals surface area contributed by atoms with Crippen molar-refractivity contribution in [3.63, 3.8) is 0 Å². The molecule has 0 unspecified atom stereocenters. The molecule has 1 saturated heterocycles. The predicted molar refractivity (Wildman–Crippen MR) is 94.2 cm³/mol. The number of benzene rings is 2. The minimum Gasteiger partial charge on any atom is -0.481 e. The van der Waals surface area contributed by atoms with Crippen molar-refractivity contribution in [1.29, 1.82) is 0 Å². The monoisotopic (exact) mass is 359 g/mol. The SMILES string of the molecule is C[C@@H]1CN(C(=O)c2cccc(Oc3ccc(Cl)cc3)c2)C[C@H]1C(=O)O. The highest BCUT2D eigenvalue weighted by molar-refractivity contribution is 6.30. The summed E-state index contributed by atoms with van der Waals surface area (Å²) in [5.74, 6) is -0.461. The van der Waals surface area contributed by atoms with Crippen LogP contribution in [-0.4, -0.2) is 35.0 Å². The van der Waals surface area contributed by atoms with Crippen LogP contribution in [0.2, 0.25) is 5.02 Å². The lowest BCUT2D eigenvalue weighted by molar-refractivity contribution is -0.142. The largest absolute Gasteiger partial charge is 0.481 e. The molecule has 1 fully saturated rings. The first kappa shape index (κ1) is 17.3. The zero-order chi connectivity index (χ0) is 18.0. The van der Waals surface area contributed by atoms with Gasteiger partial charge < -0.3 is 14.7 Å². The van der Waals surface area contributed by atoms with Crippen LogP contribution in [0.5, 0.6) is 11.5 Å². The molecule has 2 atom stereocenters. The van der Waals surface area contributed by atoms with Crippen molar-refractivity contribution in [3.8, 4) is 11.5 Å². The number of halogens is 1. The van der Waals surface area contributed by atoms with E-state index in [1.165, 1.54) is 0 Å². The summed E-state index contributed by atoms with van der Waals surface area (Å²) in [4.78, 5) is 25.5. The summed E-state index contributed by atoms with van der Waals surface area (Å²) in [5, 5.41) is 9.83. The minimum atomic E-state index is -0.859. The number of hydrogen-bond acceptors (Lipinski definition) is 3. The fourth-order valence-corrected chi connectivity index (χ4v) is 3.09. The Morgan fingerprint density at radius 3 is 2.48 bits per heavy atom. The molecular formula is C19H18ClNO4. The number of ether oxygens (including phenoxy) is 1. The van der Waals surface area contributed by atoms with Gasteiger partial charge in [0.05, 0.1) is 5.92 Å². The summed E-state index contributed by atoms with van der Waals surface area (Å²) in [6.07, 6.45) is 0. The highest BCUT2D eigenvalue weighted by Crippen LogP contribution is 2.27. The van der Waals surface area contributed by atoms with Gasteiger partial charge in [-0.3, -0.25) is 9.59 Å². The molecule has 25 heavy (non-hydrogen) atoms. The quantitative estimate of drug-likeness (QED) is 0.898. The van der Waals surface area contributed by atoms with Gasteiger partial charge in [0.25, 0.3) is 5.91 Å². The molecule has 0 spiro atoms. The Morgan fingerprint density at radius 2 is 1.84 bits per heavy atom. The van der Waals surface area contributed by atoms with E-state index in [4.69, 9.17) is 16.3 Å². The lowest BCUT2D eigenvalue weighted by atomic mass is 9.99. The van der Waals surface area contributed by atoms with Crippen LogP contribution in [0.15, 0.2) is 48.5 Å². The van der Waals surface area contributed by atoms with E-state index in [-0.39, 0.29) is 18.4 Å². The third-order valence-electron chi connectivity index (χ3n) is 4.35. The highest BCUT2D eigenvalue weighted by Gasteiger charge is 2.37. The van der Waals surface area contributed by atoms with Crippen molar-refractivity contribution in [3.05, 3.63) is 59.1 Å². The molecule has 3 rings (SSSR count). The van der Waals surface area contributed by atoms with Gasteiger partial charge in [0.2, 0.25) is 0 Å². The first-order chi connectivity index (χ1) is 11.9. The van der Waals surface area contributed by atoms with E-state index < -0.39 is 11.9 Å². The number of hydrogen-bond donors (Lipinski definition) is 1. The van der Waals surface area contributed by atoms with Crippen molar-refractivity contribution in [2.24, 2.45) is 11.8 Å². The van der Waals surface area contributed by atoms with E-state index in [9.17, 15) is 14.7 Å². The predicted octanol–water partition coefficient (Wildman–Crippen LogP) is 3.93. The third kappa shape index (κ3) is 3.94. The molecule has 1 heterocycles. The van der Waals surface area contributed by atoms with Crippen LogP contribution in [0.3, 0.4) is 0 Å². The first-order valence-electron chi connectivity index (χ1n) is 7.99. The zero-order valence-corrected chi connectivity index (χ0v) is 14.4. The Morgan fingerprint density at radius 1 is 1.12 bits per heavy atom. The second-order valence-electron chi connectivity index (χ2n) is 6.22. The molecule has 0 bridgehead atoms. The van der Waals surface area contributed by atoms with Crippen molar-refractivity contribution in [2.45, 2.75) is 6.92 Å². The normalized spacial score (nSPS) is 19.7. The maximum Gasteiger partial charge on any atom is 0.308 e. The first-order valence-corrected chi connectivity index (χ1v) is 8.37. The Balaban J connectivity index is 1.74. The average Bonchev–Trinajstić information content (AvgIpc) is 2.99. The van der Waals surface area contributed by atoms with Gasteiger partial charge in [-0.05, 0) is 48.4 Å². The topological polar surface area (TPSA) is 66.8 Å². The fraction of sp³-hybridized carbons (Fsp3) is 0.263. The number of carbonyl (C=O) groups excluding carboxylic acids is 1. The van der Waals surface area contributed by atoms with Gasteiger partial charge in [0, 0.05) is 23.7 Å². The van der Waals surface area contributed by atoms with Crippen LogP contribution in [0.4, 0.5) is 0 Å². The van der Waals surface area contributed by atoms with Crippen LogP contribution in [0, 0.1) is 11.8 Å². The van der Waals surface area contributed by atoms with Gasteiger partial charge >= 0.3 is 5.97 Å². The van der Waals surface area contributed by atoms with Gasteiger partial charge in [-0.2, -0.15) is 0 Å². The smallest absolute Gasteiger partial charge is 0.308 e. The third-order valence-corrected chi connectivity index (χ3v) is 4.60. The van der Waals surface area contributed by atoms with Gasteiger partial charge in [-0.25, -0.2) is 0 Å². The van der Waals surface area contributed by atoms with Crippen molar-refractivity contribution in [2.75, 3.05) is 13.1 Å². The van der Waals surface area contributed by atoms with E-state index in [0.717, 1.165) is 0 Å². The van der Waals surface area contributed by atoms with Gasteiger partial charge in [-0.15, -0.1) is 0 Å². The number of amides is 1. The molecule has 5 nitrogen and oxygen atoms in total. The van der Waals surface area contributed by atoms with Crippen molar-refractivity contribution >= 4 is 23.5 Å². The number of carboxylic acid groups (broad SMARTS) is 1. The molecule has 0 aliphatic carbocycles. The fourth-order valence-electron chi connectivity index (χ4n) is 2.97. The minimum absolute atomic E-state index is 0.0602. The summed E-state index contributed by atoms with van der Waals surface area (Å²) in [5.41, 5.74) is 0.477. The zero-order valence-electron chi connectivity index (χ0n) is 13.7. The van der Waals surface area contributed by atoms with Crippen molar-refractivity contribution < 1.29 is 19.4 Å². The molecule has 1 aliphatic rings. The number of aliphatic carboxylic acids is 1. The maximum atomic E-state index is 12.7. The van der Waals surface area contributed by atoms with E-state index in [0.29, 0.717) is 28.6 Å². The van der Waals surface area contributed by atoms with E-state index in [1.54, 1.807) is 53.4 Å². The van der Waals surface area contributed by atoms with E-state index in [2.05, 4.69) is 0 Å². The van der Waals surface area contributed by atoms with Gasteiger partial charge in [0.1, 0.15) is 11.5 Å². The molecule has 2 aromatic carbocycles. The van der Waals surface area contributed by atoms with Crippen LogP contribution in [0.25, 0.3) is 0 Å². The Labute approximate surface area is 150 Å². The molecule has 1 aliphatic heterocycles. The molecule has 2 aromatic rings. The second-order valence-corrected chi connectivity index (χ2v) is 6.65. The van der Waals surface area contributed by atoms with Crippen LogP contribution >= 0.6 is 11.6 Å². The molecule has 0 saturated carbocycles. The van der Waals surface area contributed by atoms with E-state index >= 15 is 0 Å². The average molecular weight is 360 g/mol. The van der Waals surface area contributed by atoms with Crippen LogP contribution < -0.4 is 4.74 Å². The molecule has 1 N–H and O–H groups in total. The summed E-state index contributed by atoms with van der Waals surface area (Å²) in [6, 6.07) is 13.8. The standard InChI is InChI=1S/C19H18ClNO4/c1-12-10-21(11-17(12)19(23)24)18(22)13-3-2-4-16(9-13)25-15-7-5-14(20)6-8-15/h2-9,12,17H,10-11H2,1H3,(H,23,24)/t12-,17-/m1/s1. The summed E-state index contributed by atoms with van der Waals surface area (Å²) in [7, 11) is 0. The Kier molecular flexibility index (Phi) is 4.95. The lowest BCUT2D eigenvalue weighted by Gasteiger charge is -2.16. The maximum absolute atomic E-state index is 12.7. The van der Waals surface area contributed by atoms with Crippen LogP contribution in [0.1, 0.15) is 17.3 Å². The summed E-state index contributed by atoms with van der Waals surface area (Å²) >= 11 is 5.85. The molecule has 0 radical (unpaired) electrons. The lowest BCUT2D eigenvalue weighted by Crippen LogP contribution is -2.29. The Bertz CT molecular complexity index is 790. The number of likely N-dealkylation sites (tertiary alicyclic amines) is 1. The molecule has 0 aromatic heterocycles. The summed E-state index contributed by atoms with van der Waals surface area (Å²) in [6.45, 7) is 2.53. The van der Waals surface area contributed by atoms with Gasteiger partial charge in [0.15, 0.2) is 0 Å². The second kappa shape index (κ2) is 7.15. The summed E-state index contributed by atoms with van der Waals surface area (Å²) < 4.78 is 5.74. The number of rotatable bonds is 4.